The first-order valence-electron chi connectivity index (χ1n) is 18.2. The van der Waals surface area contributed by atoms with Crippen molar-refractivity contribution in [3.8, 4) is 28.8 Å². The average molecular weight is 827 g/mol. The zero-order valence-electron chi connectivity index (χ0n) is 31.7. The minimum Gasteiger partial charge on any atom is -0.358 e. The number of amides is 3. The Hall–Kier alpha value is -6.88. The summed E-state index contributed by atoms with van der Waals surface area (Å²) in [6, 6.07) is 11.6. The van der Waals surface area contributed by atoms with E-state index in [2.05, 4.69) is 35.8 Å². The molecule has 1 saturated heterocycles. The Morgan fingerprint density at radius 2 is 1.80 bits per heavy atom. The number of carbonyl (C=O) groups is 3. The van der Waals surface area contributed by atoms with Crippen LogP contribution in [0.3, 0.4) is 0 Å². The highest BCUT2D eigenvalue weighted by Gasteiger charge is 2.51. The topological polar surface area (TPSA) is 189 Å². The predicted octanol–water partition coefficient (Wildman–Crippen LogP) is 5.94. The number of nitrogens with zero attached hydrogens (tertiary/aromatic N) is 9. The van der Waals surface area contributed by atoms with Crippen molar-refractivity contribution in [1.29, 1.82) is 5.26 Å². The van der Waals surface area contributed by atoms with E-state index < -0.39 is 40.5 Å². The van der Waals surface area contributed by atoms with E-state index >= 15 is 4.39 Å². The number of carbonyl (C=O) groups excluding carboxylic acids is 3. The lowest BCUT2D eigenvalue weighted by Crippen LogP contribution is -2.44. The van der Waals surface area contributed by atoms with Gasteiger partial charge >= 0.3 is 6.18 Å². The fraction of sp³-hybridized carbons (Fsp3) is 0.282. The van der Waals surface area contributed by atoms with E-state index in [9.17, 15) is 32.8 Å². The Kier molecular flexibility index (Phi) is 10.8. The third-order valence-electron chi connectivity index (χ3n) is 9.88. The van der Waals surface area contributed by atoms with Gasteiger partial charge in [-0.1, -0.05) is 0 Å². The number of fused-ring (bicyclic) bond motifs is 1. The van der Waals surface area contributed by atoms with Crippen molar-refractivity contribution in [1.82, 2.24) is 35.5 Å². The van der Waals surface area contributed by atoms with E-state index in [1.165, 1.54) is 49.3 Å². The molecule has 3 amide bonds. The molecule has 0 atom stereocenters. The lowest BCUT2D eigenvalue weighted by molar-refractivity contribution is -0.137. The summed E-state index contributed by atoms with van der Waals surface area (Å²) in [5.41, 5.74) is -1.14. The number of hydrogen-bond acceptors (Lipinski definition) is 11. The summed E-state index contributed by atoms with van der Waals surface area (Å²) < 4.78 is 56.6. The van der Waals surface area contributed by atoms with Gasteiger partial charge in [-0.3, -0.25) is 29.3 Å². The van der Waals surface area contributed by atoms with Crippen molar-refractivity contribution in [2.75, 3.05) is 39.7 Å². The SMILES string of the molecule is Cc1nc(-c2nc[nH]n2)ccc1-c1cnc2c(n1)N(CCCCCNC(=O)c1ccc(N3C(=S)N(c4ccc(C#N)c(C(F)(F)F)c4)C(=O)C3(C)C)cc1F)C(=O)CN2. The number of pyridine rings is 1. The molecule has 20 heteroatoms. The molecule has 0 saturated carbocycles. The van der Waals surface area contributed by atoms with Crippen LogP contribution in [0.1, 0.15) is 60.3 Å². The van der Waals surface area contributed by atoms with Crippen molar-refractivity contribution in [3.05, 3.63) is 89.3 Å². The molecule has 2 aliphatic rings. The number of rotatable bonds is 11. The third-order valence-corrected chi connectivity index (χ3v) is 10.2. The number of thiocarbonyl (C=S) groups is 1. The second-order valence-electron chi connectivity index (χ2n) is 14.1. The molecule has 3 N–H and O–H groups in total. The highest BCUT2D eigenvalue weighted by molar-refractivity contribution is 7.81. The van der Waals surface area contributed by atoms with Crippen LogP contribution in [0.5, 0.6) is 0 Å². The number of benzene rings is 2. The highest BCUT2D eigenvalue weighted by Crippen LogP contribution is 2.40. The molecule has 2 aliphatic heterocycles. The quantitative estimate of drug-likeness (QED) is 0.0810. The molecule has 3 aromatic heterocycles. The second-order valence-corrected chi connectivity index (χ2v) is 14.5. The molecule has 59 heavy (non-hydrogen) atoms. The van der Waals surface area contributed by atoms with Gasteiger partial charge in [0.05, 0.1) is 46.9 Å². The number of hydrogen-bond donors (Lipinski definition) is 3. The normalized spacial score (nSPS) is 14.9. The van der Waals surface area contributed by atoms with Crippen LogP contribution in [0.25, 0.3) is 22.8 Å². The van der Waals surface area contributed by atoms with Gasteiger partial charge in [-0.25, -0.2) is 24.3 Å². The fourth-order valence-electron chi connectivity index (χ4n) is 6.87. The maximum absolute atomic E-state index is 15.5. The van der Waals surface area contributed by atoms with Crippen LogP contribution in [-0.4, -0.2) is 78.1 Å². The number of unbranched alkanes of at least 4 members (excludes halogenated alkanes) is 2. The number of alkyl halides is 3. The second kappa shape index (κ2) is 15.8. The zero-order valence-corrected chi connectivity index (χ0v) is 32.5. The van der Waals surface area contributed by atoms with E-state index in [0.29, 0.717) is 66.4 Å². The summed E-state index contributed by atoms with van der Waals surface area (Å²) in [5, 5.41) is 21.4. The molecular weight excluding hydrogens is 793 g/mol. The summed E-state index contributed by atoms with van der Waals surface area (Å²) in [6.45, 7) is 5.42. The molecule has 1 fully saturated rings. The van der Waals surface area contributed by atoms with Crippen LogP contribution in [0.2, 0.25) is 0 Å². The van der Waals surface area contributed by atoms with E-state index in [0.717, 1.165) is 22.6 Å². The molecule has 2 aromatic carbocycles. The maximum atomic E-state index is 15.5. The molecular formula is C39H34F4N12O3S. The first-order valence-corrected chi connectivity index (χ1v) is 18.6. The molecule has 7 rings (SSSR count). The van der Waals surface area contributed by atoms with E-state index in [-0.39, 0.29) is 41.0 Å². The minimum absolute atomic E-state index is 0.0585. The van der Waals surface area contributed by atoms with Gasteiger partial charge in [-0.2, -0.15) is 23.5 Å². The number of H-pyrrole nitrogens is 1. The van der Waals surface area contributed by atoms with Gasteiger partial charge in [0.25, 0.3) is 11.8 Å². The number of nitriles is 1. The van der Waals surface area contributed by atoms with Gasteiger partial charge in [0, 0.05) is 30.0 Å². The average Bonchev–Trinajstić information content (AvgIpc) is 3.80. The Labute approximate surface area is 339 Å². The lowest BCUT2D eigenvalue weighted by Gasteiger charge is -2.29. The molecule has 5 heterocycles. The first kappa shape index (κ1) is 40.3. The van der Waals surface area contributed by atoms with Crippen molar-refractivity contribution >= 4 is 58.1 Å². The van der Waals surface area contributed by atoms with Crippen LogP contribution >= 0.6 is 12.2 Å². The minimum atomic E-state index is -4.87. The van der Waals surface area contributed by atoms with Crippen molar-refractivity contribution in [2.45, 2.75) is 51.7 Å². The fourth-order valence-corrected chi connectivity index (χ4v) is 7.39. The molecule has 302 valence electrons. The largest absolute Gasteiger partial charge is 0.417 e. The van der Waals surface area contributed by atoms with Crippen LogP contribution in [0.4, 0.5) is 40.6 Å². The molecule has 0 bridgehead atoms. The van der Waals surface area contributed by atoms with Crippen LogP contribution in [-0.2, 0) is 15.8 Å². The number of aromatic amines is 1. The van der Waals surface area contributed by atoms with Gasteiger partial charge < -0.3 is 15.5 Å². The monoisotopic (exact) mass is 826 g/mol. The van der Waals surface area contributed by atoms with Gasteiger partial charge in [-0.05, 0) is 101 Å². The summed E-state index contributed by atoms with van der Waals surface area (Å²) in [5.74, 6) is -1.12. The van der Waals surface area contributed by atoms with E-state index in [1.54, 1.807) is 17.2 Å². The molecule has 0 unspecified atom stereocenters. The van der Waals surface area contributed by atoms with Crippen LogP contribution in [0.15, 0.2) is 61.1 Å². The molecule has 5 aromatic rings. The smallest absolute Gasteiger partial charge is 0.358 e. The summed E-state index contributed by atoms with van der Waals surface area (Å²) in [7, 11) is 0. The standard InChI is InChI=1S/C39H34F4N12O3S/c1-21-25(11-12-29(50-21)32-48-20-49-52-32)30-18-46-33-34(51-30)53(31(56)19-47-33)14-6-4-5-13-45-35(57)26-10-9-24(16-28(26)40)55-37(59)54(36(58)38(55,2)3)23-8-7-22(17-44)27(15-23)39(41,42)43/h7-12,15-16,18,20H,4-6,13-14,19H2,1-3H3,(H,45,57)(H,46,47)(H,48,49,52). The number of aryl methyl sites for hydroxylation is 1. The zero-order chi connectivity index (χ0) is 42.2. The summed E-state index contributed by atoms with van der Waals surface area (Å²) in [6.07, 6.45) is -0.0810. The summed E-state index contributed by atoms with van der Waals surface area (Å²) in [4.78, 5) is 61.3. The summed E-state index contributed by atoms with van der Waals surface area (Å²) >= 11 is 5.53. The highest BCUT2D eigenvalue weighted by atomic mass is 32.1. The lowest BCUT2D eigenvalue weighted by atomic mass is 10.0. The van der Waals surface area contributed by atoms with Crippen molar-refractivity contribution in [2.24, 2.45) is 0 Å². The number of nitrogens with one attached hydrogen (secondary N) is 3. The van der Waals surface area contributed by atoms with E-state index in [4.69, 9.17) is 17.2 Å². The molecule has 0 aliphatic carbocycles. The first-order chi connectivity index (χ1) is 28.1. The van der Waals surface area contributed by atoms with E-state index in [1.807, 2.05) is 13.0 Å². The predicted molar refractivity (Wildman–Crippen MR) is 212 cm³/mol. The molecule has 0 radical (unpaired) electrons. The molecule has 15 nitrogen and oxygen atoms in total. The van der Waals surface area contributed by atoms with Crippen LogP contribution in [0, 0.1) is 24.1 Å². The van der Waals surface area contributed by atoms with Crippen molar-refractivity contribution < 1.29 is 31.9 Å². The Morgan fingerprint density at radius 3 is 2.49 bits per heavy atom. The van der Waals surface area contributed by atoms with Gasteiger partial charge in [-0.15, -0.1) is 0 Å². The van der Waals surface area contributed by atoms with Crippen LogP contribution < -0.4 is 25.3 Å². The number of aromatic nitrogens is 6. The van der Waals surface area contributed by atoms with Gasteiger partial charge in [0.15, 0.2) is 22.6 Å². The van der Waals surface area contributed by atoms with Crippen molar-refractivity contribution in [3.63, 3.8) is 0 Å². The number of halogens is 4. The van der Waals surface area contributed by atoms with Gasteiger partial charge in [0.1, 0.15) is 23.4 Å². The van der Waals surface area contributed by atoms with Gasteiger partial charge in [0.2, 0.25) is 5.91 Å². The Balaban J connectivity index is 0.953. The maximum Gasteiger partial charge on any atom is 0.417 e. The Bertz CT molecular complexity index is 2540. The Morgan fingerprint density at radius 1 is 1.02 bits per heavy atom. The molecule has 0 spiro atoms. The number of anilines is 4. The third kappa shape index (κ3) is 7.75.